The fraction of sp³-hybridized carbons (Fsp3) is 0. The van der Waals surface area contributed by atoms with Crippen molar-refractivity contribution in [1.29, 1.82) is 0 Å². The van der Waals surface area contributed by atoms with E-state index >= 15 is 0 Å². The van der Waals surface area contributed by atoms with Gasteiger partial charge in [0.25, 0.3) is 0 Å². The first-order valence-corrected chi connectivity index (χ1v) is 6.00. The minimum absolute atomic E-state index is 0.550. The number of hydrogen-bond acceptors (Lipinski definition) is 4. The monoisotopic (exact) mass is 200 g/mol. The molecule has 0 fully saturated rings. The maximum atomic E-state index is 3.11. The van der Waals surface area contributed by atoms with Crippen molar-refractivity contribution in [2.75, 3.05) is 0 Å². The zero-order valence-corrected chi connectivity index (χ0v) is 9.50. The van der Waals surface area contributed by atoms with Gasteiger partial charge in [0.1, 0.15) is 20.8 Å². The molecule has 0 aromatic heterocycles. The SMILES string of the molecule is [Si]N[Si]N[Si]N[Si]N[Si]. The molecule has 0 aliphatic heterocycles. The van der Waals surface area contributed by atoms with Crippen molar-refractivity contribution in [1.82, 2.24) is 18.6 Å². The highest BCUT2D eigenvalue weighted by atomic mass is 28.3. The first-order chi connectivity index (χ1) is 4.41. The fourth-order valence-electron chi connectivity index (χ4n) is 0.156. The molecule has 0 bridgehead atoms. The minimum atomic E-state index is 0.550. The lowest BCUT2D eigenvalue weighted by Crippen LogP contribution is -2.45. The Balaban J connectivity index is 2.60. The second-order valence-corrected chi connectivity index (χ2v) is 5.62. The van der Waals surface area contributed by atoms with E-state index in [1.54, 1.807) is 0 Å². The molecule has 0 aromatic carbocycles. The van der Waals surface area contributed by atoms with Crippen molar-refractivity contribution in [3.05, 3.63) is 0 Å². The van der Waals surface area contributed by atoms with E-state index in [0.29, 0.717) is 29.5 Å². The summed E-state index contributed by atoms with van der Waals surface area (Å²) in [6, 6.07) is 0. The van der Waals surface area contributed by atoms with Gasteiger partial charge in [0.05, 0.1) is 0 Å². The van der Waals surface area contributed by atoms with E-state index < -0.39 is 0 Å². The summed E-state index contributed by atoms with van der Waals surface area (Å²) < 4.78 is 11.8. The van der Waals surface area contributed by atoms with Crippen LogP contribution in [0.25, 0.3) is 0 Å². The van der Waals surface area contributed by atoms with E-state index in [1.807, 2.05) is 0 Å². The van der Waals surface area contributed by atoms with Crippen LogP contribution in [0.15, 0.2) is 0 Å². The molecule has 44 valence electrons. The van der Waals surface area contributed by atoms with Gasteiger partial charge in [0.15, 0.2) is 0 Å². The summed E-state index contributed by atoms with van der Waals surface area (Å²) in [6.45, 7) is 0. The van der Waals surface area contributed by atoms with Crippen molar-refractivity contribution >= 4 is 50.3 Å². The molecule has 9 heteroatoms. The van der Waals surface area contributed by atoms with Crippen LogP contribution in [0.3, 0.4) is 0 Å². The summed E-state index contributed by atoms with van der Waals surface area (Å²) in [5, 5.41) is 0. The van der Waals surface area contributed by atoms with Crippen LogP contribution in [0.2, 0.25) is 0 Å². The van der Waals surface area contributed by atoms with Crippen LogP contribution in [0, 0.1) is 0 Å². The predicted octanol–water partition coefficient (Wildman–Crippen LogP) is -3.89. The Morgan fingerprint density at radius 2 is 1.22 bits per heavy atom. The van der Waals surface area contributed by atoms with Gasteiger partial charge in [-0.3, -0.25) is 0 Å². The standard InChI is InChI=1S/H4N4Si5/c5-1-7-3-9-4-8-2-6/h1-4H. The minimum Gasteiger partial charge on any atom is -0.352 e. The van der Waals surface area contributed by atoms with Gasteiger partial charge in [0, 0.05) is 0 Å². The Bertz CT molecular complexity index is 42.2. The van der Waals surface area contributed by atoms with Gasteiger partial charge in [0.2, 0.25) is 29.5 Å². The molecule has 0 atom stereocenters. The van der Waals surface area contributed by atoms with E-state index in [0.717, 1.165) is 0 Å². The van der Waals surface area contributed by atoms with E-state index in [-0.39, 0.29) is 0 Å². The third-order valence-corrected chi connectivity index (χ3v) is 3.38. The Morgan fingerprint density at radius 3 is 1.56 bits per heavy atom. The highest BCUT2D eigenvalue weighted by Gasteiger charge is 1.87. The first-order valence-electron chi connectivity index (χ1n) is 2.00. The summed E-state index contributed by atoms with van der Waals surface area (Å²) in [6.07, 6.45) is 0. The molecule has 12 radical (unpaired) electrons. The van der Waals surface area contributed by atoms with Gasteiger partial charge in [-0.25, -0.2) is 0 Å². The van der Waals surface area contributed by atoms with Crippen molar-refractivity contribution in [2.45, 2.75) is 0 Å². The summed E-state index contributed by atoms with van der Waals surface area (Å²) in [5.74, 6) is 0. The second-order valence-electron chi connectivity index (χ2n) is 0.875. The molecular weight excluding hydrogens is 196 g/mol. The quantitative estimate of drug-likeness (QED) is 0.262. The lowest BCUT2D eigenvalue weighted by molar-refractivity contribution is 1.35. The number of rotatable bonds is 6. The van der Waals surface area contributed by atoms with Gasteiger partial charge in [-0.15, -0.1) is 0 Å². The maximum absolute atomic E-state index is 3.11. The van der Waals surface area contributed by atoms with Gasteiger partial charge < -0.3 is 18.6 Å². The summed E-state index contributed by atoms with van der Waals surface area (Å²) >= 11 is 0. The molecule has 0 spiro atoms. The molecule has 0 amide bonds. The lowest BCUT2D eigenvalue weighted by atomic mass is 13.8. The van der Waals surface area contributed by atoms with E-state index in [2.05, 4.69) is 39.4 Å². The third-order valence-electron chi connectivity index (χ3n) is 0.375. The van der Waals surface area contributed by atoms with Crippen molar-refractivity contribution in [3.8, 4) is 0 Å². The Kier molecular flexibility index (Phi) is 9.84. The molecule has 0 unspecified atom stereocenters. The smallest absolute Gasteiger partial charge is 0.231 e. The summed E-state index contributed by atoms with van der Waals surface area (Å²) in [4.78, 5) is 0. The van der Waals surface area contributed by atoms with Crippen molar-refractivity contribution in [3.63, 3.8) is 0 Å². The molecule has 9 heavy (non-hydrogen) atoms. The summed E-state index contributed by atoms with van der Waals surface area (Å²) in [7, 11) is 7.91. The number of nitrogens with one attached hydrogen (secondary N) is 4. The second kappa shape index (κ2) is 8.92. The normalized spacial score (nSPS) is 10.0. The van der Waals surface area contributed by atoms with Crippen LogP contribution in [0.1, 0.15) is 0 Å². The van der Waals surface area contributed by atoms with Crippen LogP contribution in [-0.4, -0.2) is 50.3 Å². The molecule has 0 aliphatic rings. The molecule has 0 saturated carbocycles. The lowest BCUT2D eigenvalue weighted by Gasteiger charge is -1.98. The molecule has 0 saturated heterocycles. The molecule has 4 nitrogen and oxygen atoms in total. The van der Waals surface area contributed by atoms with Crippen LogP contribution in [-0.2, 0) is 0 Å². The van der Waals surface area contributed by atoms with Gasteiger partial charge >= 0.3 is 0 Å². The fourth-order valence-corrected chi connectivity index (χ4v) is 3.09. The van der Waals surface area contributed by atoms with Crippen LogP contribution < -0.4 is 18.6 Å². The third kappa shape index (κ3) is 8.92. The highest BCUT2D eigenvalue weighted by Crippen LogP contribution is 1.37. The Morgan fingerprint density at radius 1 is 0.778 bits per heavy atom. The van der Waals surface area contributed by atoms with Crippen LogP contribution in [0.5, 0.6) is 0 Å². The topological polar surface area (TPSA) is 48.1 Å². The predicted molar refractivity (Wildman–Crippen MR) is 41.3 cm³/mol. The molecule has 0 aliphatic carbocycles. The molecule has 0 rings (SSSR count). The zero-order valence-electron chi connectivity index (χ0n) is 4.50. The van der Waals surface area contributed by atoms with Gasteiger partial charge in [-0.2, -0.15) is 0 Å². The first kappa shape index (κ1) is 9.92. The zero-order chi connectivity index (χ0) is 6.95. The molecular formula is H4N4Si5. The summed E-state index contributed by atoms with van der Waals surface area (Å²) in [5.41, 5.74) is 0. The van der Waals surface area contributed by atoms with Crippen LogP contribution >= 0.6 is 0 Å². The molecule has 4 N–H and O–H groups in total. The molecule has 0 heterocycles. The highest BCUT2D eigenvalue weighted by molar-refractivity contribution is 6.58. The van der Waals surface area contributed by atoms with Gasteiger partial charge in [-0.1, -0.05) is 0 Å². The average Bonchev–Trinajstić information content (AvgIpc) is 1.89. The van der Waals surface area contributed by atoms with Gasteiger partial charge in [-0.05, 0) is 0 Å². The average molecular weight is 200 g/mol. The van der Waals surface area contributed by atoms with Crippen molar-refractivity contribution < 1.29 is 0 Å². The Labute approximate surface area is 69.3 Å². The molecule has 0 aromatic rings. The van der Waals surface area contributed by atoms with Crippen molar-refractivity contribution in [2.24, 2.45) is 0 Å². The maximum Gasteiger partial charge on any atom is 0.231 e. The Hall–Kier alpha value is 0.924. The van der Waals surface area contributed by atoms with E-state index in [9.17, 15) is 0 Å². The van der Waals surface area contributed by atoms with E-state index in [4.69, 9.17) is 0 Å². The van der Waals surface area contributed by atoms with Crippen LogP contribution in [0.4, 0.5) is 0 Å². The number of hydrogen-bond donors (Lipinski definition) is 4. The van der Waals surface area contributed by atoms with E-state index in [1.165, 1.54) is 0 Å². The largest absolute Gasteiger partial charge is 0.352 e.